The first-order valence-electron chi connectivity index (χ1n) is 5.55. The monoisotopic (exact) mass is 276 g/mol. The van der Waals surface area contributed by atoms with Gasteiger partial charge in [-0.1, -0.05) is 23.7 Å². The van der Waals surface area contributed by atoms with Gasteiger partial charge in [0.25, 0.3) is 0 Å². The molecule has 0 saturated carbocycles. The molecule has 1 rings (SSSR count). The van der Waals surface area contributed by atoms with E-state index in [0.717, 1.165) is 17.3 Å². The minimum atomic E-state index is 0.576. The minimum Gasteiger partial charge on any atom is -0.165 e. The van der Waals surface area contributed by atoms with Gasteiger partial charge in [0.05, 0.1) is 0 Å². The fourth-order valence-electron chi connectivity index (χ4n) is 1.75. The minimum absolute atomic E-state index is 0.576. The maximum atomic E-state index is 6.00. The van der Waals surface area contributed by atoms with Gasteiger partial charge in [0, 0.05) is 10.9 Å². The van der Waals surface area contributed by atoms with E-state index in [-0.39, 0.29) is 0 Å². The Kier molecular flexibility index (Phi) is 7.35. The van der Waals surface area contributed by atoms with Crippen LogP contribution in [0.3, 0.4) is 0 Å². The van der Waals surface area contributed by atoms with Crippen molar-refractivity contribution < 1.29 is 0 Å². The Labute approximate surface area is 113 Å². The topological polar surface area (TPSA) is 0 Å². The van der Waals surface area contributed by atoms with E-state index < -0.39 is 0 Å². The maximum Gasteiger partial charge on any atom is 0.0408 e. The zero-order valence-electron chi connectivity index (χ0n) is 9.59. The van der Waals surface area contributed by atoms with E-state index in [9.17, 15) is 0 Å². The van der Waals surface area contributed by atoms with Crippen LogP contribution in [0.4, 0.5) is 0 Å². The molecule has 0 aliphatic rings. The molecule has 1 aromatic rings. The highest BCUT2D eigenvalue weighted by molar-refractivity contribution is 7.98. The lowest BCUT2D eigenvalue weighted by Gasteiger charge is -2.13. The smallest absolute Gasteiger partial charge is 0.0408 e. The van der Waals surface area contributed by atoms with Crippen molar-refractivity contribution in [3.8, 4) is 0 Å². The van der Waals surface area contributed by atoms with Crippen LogP contribution < -0.4 is 0 Å². The Morgan fingerprint density at radius 1 is 1.38 bits per heavy atom. The largest absolute Gasteiger partial charge is 0.165 e. The summed E-state index contributed by atoms with van der Waals surface area (Å²) >= 11 is 13.9. The average Bonchev–Trinajstić information content (AvgIpc) is 2.28. The molecule has 0 fully saturated rings. The predicted molar refractivity (Wildman–Crippen MR) is 77.0 cm³/mol. The van der Waals surface area contributed by atoms with E-state index in [1.165, 1.54) is 24.2 Å². The third-order valence-electron chi connectivity index (χ3n) is 2.59. The molecule has 0 aliphatic heterocycles. The molecule has 0 aliphatic carbocycles. The van der Waals surface area contributed by atoms with Crippen LogP contribution in [0, 0.1) is 5.92 Å². The summed E-state index contributed by atoms with van der Waals surface area (Å²) in [6.45, 7) is 0. The van der Waals surface area contributed by atoms with Gasteiger partial charge < -0.3 is 0 Å². The molecule has 0 spiro atoms. The van der Waals surface area contributed by atoms with Crippen molar-refractivity contribution >= 4 is 35.0 Å². The zero-order chi connectivity index (χ0) is 11.8. The second-order valence-corrected chi connectivity index (χ2v) is 5.72. The molecule has 3 heteroatoms. The molecule has 0 saturated heterocycles. The molecule has 0 amide bonds. The Hall–Kier alpha value is 0.150. The Morgan fingerprint density at radius 3 is 2.81 bits per heavy atom. The summed E-state index contributed by atoms with van der Waals surface area (Å²) in [4.78, 5) is 0. The van der Waals surface area contributed by atoms with E-state index >= 15 is 0 Å². The summed E-state index contributed by atoms with van der Waals surface area (Å²) in [5, 5.41) is 0.815. The van der Waals surface area contributed by atoms with Crippen LogP contribution in [0.1, 0.15) is 18.4 Å². The molecule has 0 nitrogen and oxygen atoms in total. The van der Waals surface area contributed by atoms with Crippen molar-refractivity contribution in [2.75, 3.05) is 17.9 Å². The molecule has 1 aromatic carbocycles. The van der Waals surface area contributed by atoms with E-state index in [4.69, 9.17) is 23.2 Å². The van der Waals surface area contributed by atoms with Crippen LogP contribution in [0.25, 0.3) is 0 Å². The van der Waals surface area contributed by atoms with Gasteiger partial charge in [-0.05, 0) is 54.9 Å². The predicted octanol–water partition coefficient (Wildman–Crippen LogP) is 4.88. The third kappa shape index (κ3) is 5.47. The molecule has 0 radical (unpaired) electrons. The number of halogens is 2. The molecule has 0 aromatic heterocycles. The molecule has 1 unspecified atom stereocenters. The fourth-order valence-corrected chi connectivity index (χ4v) is 2.68. The first-order chi connectivity index (χ1) is 7.76. The lowest BCUT2D eigenvalue weighted by molar-refractivity contribution is 0.531. The SMILES string of the molecule is CSCCCC(CCl)Cc1cccc(Cl)c1. The van der Waals surface area contributed by atoms with Crippen LogP contribution in [0.2, 0.25) is 5.02 Å². The molecule has 0 bridgehead atoms. The van der Waals surface area contributed by atoms with Crippen molar-refractivity contribution in [2.45, 2.75) is 19.3 Å². The van der Waals surface area contributed by atoms with Gasteiger partial charge in [-0.25, -0.2) is 0 Å². The number of rotatable bonds is 7. The van der Waals surface area contributed by atoms with Gasteiger partial charge in [0.15, 0.2) is 0 Å². The van der Waals surface area contributed by atoms with Gasteiger partial charge in [0.2, 0.25) is 0 Å². The molecule has 16 heavy (non-hydrogen) atoms. The highest BCUT2D eigenvalue weighted by atomic mass is 35.5. The summed E-state index contributed by atoms with van der Waals surface area (Å²) in [6, 6.07) is 8.08. The van der Waals surface area contributed by atoms with Crippen molar-refractivity contribution in [3.63, 3.8) is 0 Å². The fraction of sp³-hybridized carbons (Fsp3) is 0.538. The van der Waals surface area contributed by atoms with Crippen molar-refractivity contribution in [3.05, 3.63) is 34.9 Å². The van der Waals surface area contributed by atoms with Gasteiger partial charge in [-0.15, -0.1) is 11.6 Å². The van der Waals surface area contributed by atoms with E-state index in [1.54, 1.807) is 0 Å². The summed E-state index contributed by atoms with van der Waals surface area (Å²) in [5.74, 6) is 2.54. The second kappa shape index (κ2) is 8.27. The normalized spacial score (nSPS) is 12.7. The first-order valence-corrected chi connectivity index (χ1v) is 7.86. The van der Waals surface area contributed by atoms with Crippen molar-refractivity contribution in [1.82, 2.24) is 0 Å². The van der Waals surface area contributed by atoms with Crippen molar-refractivity contribution in [2.24, 2.45) is 5.92 Å². The first kappa shape index (κ1) is 14.2. The van der Waals surface area contributed by atoms with Crippen LogP contribution in [0.15, 0.2) is 24.3 Å². The van der Waals surface area contributed by atoms with Gasteiger partial charge in [0.1, 0.15) is 0 Å². The van der Waals surface area contributed by atoms with Gasteiger partial charge in [-0.2, -0.15) is 11.8 Å². The highest BCUT2D eigenvalue weighted by Crippen LogP contribution is 2.19. The zero-order valence-corrected chi connectivity index (χ0v) is 11.9. The Morgan fingerprint density at radius 2 is 2.19 bits per heavy atom. The molecule has 0 heterocycles. The van der Waals surface area contributed by atoms with E-state index in [1.807, 2.05) is 30.0 Å². The van der Waals surface area contributed by atoms with E-state index in [0.29, 0.717) is 5.92 Å². The Bertz CT molecular complexity index is 302. The summed E-state index contributed by atoms with van der Waals surface area (Å²) in [5.41, 5.74) is 1.29. The number of hydrogen-bond acceptors (Lipinski definition) is 1. The van der Waals surface area contributed by atoms with Crippen LogP contribution in [-0.4, -0.2) is 17.9 Å². The summed E-state index contributed by atoms with van der Waals surface area (Å²) in [6.07, 6.45) is 5.64. The van der Waals surface area contributed by atoms with Crippen LogP contribution in [-0.2, 0) is 6.42 Å². The van der Waals surface area contributed by atoms with Crippen LogP contribution >= 0.6 is 35.0 Å². The second-order valence-electron chi connectivity index (χ2n) is 3.99. The molecule has 1 atom stereocenters. The molecular weight excluding hydrogens is 259 g/mol. The number of hydrogen-bond donors (Lipinski definition) is 0. The summed E-state index contributed by atoms with van der Waals surface area (Å²) in [7, 11) is 0. The molecule has 0 N–H and O–H groups in total. The highest BCUT2D eigenvalue weighted by Gasteiger charge is 2.08. The third-order valence-corrected chi connectivity index (χ3v) is 3.96. The lowest BCUT2D eigenvalue weighted by atomic mass is 9.97. The van der Waals surface area contributed by atoms with Crippen molar-refractivity contribution in [1.29, 1.82) is 0 Å². The summed E-state index contributed by atoms with van der Waals surface area (Å²) < 4.78 is 0. The lowest BCUT2D eigenvalue weighted by Crippen LogP contribution is -2.07. The number of benzene rings is 1. The standard InChI is InChI=1S/C13H18Cl2S/c1-16-7-3-5-12(10-14)8-11-4-2-6-13(15)9-11/h2,4,6,9,12H,3,5,7-8,10H2,1H3. The van der Waals surface area contributed by atoms with E-state index in [2.05, 4.69) is 12.3 Å². The molecular formula is C13H18Cl2S. The van der Waals surface area contributed by atoms with Gasteiger partial charge >= 0.3 is 0 Å². The number of thioether (sulfide) groups is 1. The molecule has 90 valence electrons. The maximum absolute atomic E-state index is 6.00. The Balaban J connectivity index is 2.43. The average molecular weight is 277 g/mol. The number of alkyl halides is 1. The van der Waals surface area contributed by atoms with Gasteiger partial charge in [-0.3, -0.25) is 0 Å². The quantitative estimate of drug-likeness (QED) is 0.505. The van der Waals surface area contributed by atoms with Crippen LogP contribution in [0.5, 0.6) is 0 Å².